The van der Waals surface area contributed by atoms with Gasteiger partial charge in [-0.25, -0.2) is 0 Å². The van der Waals surface area contributed by atoms with Crippen LogP contribution in [0.1, 0.15) is 102 Å². The van der Waals surface area contributed by atoms with Crippen LogP contribution in [-0.4, -0.2) is 33.2 Å². The van der Waals surface area contributed by atoms with E-state index in [-0.39, 0.29) is 0 Å². The zero-order chi connectivity index (χ0) is 24.3. The lowest BCUT2D eigenvalue weighted by Gasteiger charge is -2.04. The van der Waals surface area contributed by atoms with Gasteiger partial charge in [-0.3, -0.25) is 9.59 Å². The molecule has 0 aliphatic rings. The molecule has 0 saturated carbocycles. The fourth-order valence-electron chi connectivity index (χ4n) is 3.92. The van der Waals surface area contributed by atoms with Gasteiger partial charge in [0.15, 0.2) is 0 Å². The Labute approximate surface area is 199 Å². The lowest BCUT2D eigenvalue weighted by Crippen LogP contribution is -2.32. The van der Waals surface area contributed by atoms with E-state index in [0.717, 1.165) is 29.3 Å². The number of aliphatic carboxylic acids is 2. The molecule has 0 fully saturated rings. The Morgan fingerprint density at radius 3 is 1.88 bits per heavy atom. The van der Waals surface area contributed by atoms with Gasteiger partial charge >= 0.3 is 11.9 Å². The highest BCUT2D eigenvalue weighted by Gasteiger charge is 2.14. The van der Waals surface area contributed by atoms with Crippen LogP contribution >= 0.6 is 0 Å². The van der Waals surface area contributed by atoms with Crippen molar-refractivity contribution in [3.63, 3.8) is 0 Å². The van der Waals surface area contributed by atoms with Crippen LogP contribution in [0.25, 0.3) is 10.9 Å². The van der Waals surface area contributed by atoms with Gasteiger partial charge in [0.25, 0.3) is 0 Å². The summed E-state index contributed by atoms with van der Waals surface area (Å²) in [6.45, 7) is 2.26. The number of H-pyrrole nitrogens is 1. The van der Waals surface area contributed by atoms with E-state index in [9.17, 15) is 9.59 Å². The Bertz CT molecular complexity index is 787. The third-order valence-corrected chi connectivity index (χ3v) is 5.93. The number of hydrogen-bond acceptors (Lipinski definition) is 3. The molecule has 0 bridgehead atoms. The second kappa shape index (κ2) is 18.1. The van der Waals surface area contributed by atoms with E-state index < -0.39 is 18.0 Å². The summed E-state index contributed by atoms with van der Waals surface area (Å²) in [6, 6.07) is 6.91. The second-order valence-electron chi connectivity index (χ2n) is 8.89. The number of carboxylic acids is 2. The Hall–Kier alpha value is -2.34. The number of benzene rings is 1. The molecule has 186 valence electrons. The molecule has 2 aromatic rings. The maximum atomic E-state index is 10.6. The van der Waals surface area contributed by atoms with Crippen LogP contribution in [-0.2, 0) is 16.0 Å². The molecule has 6 heteroatoms. The van der Waals surface area contributed by atoms with Crippen LogP contribution in [0.4, 0.5) is 0 Å². The summed E-state index contributed by atoms with van der Waals surface area (Å²) in [7, 11) is 0. The van der Waals surface area contributed by atoms with Crippen molar-refractivity contribution in [1.29, 1.82) is 0 Å². The van der Waals surface area contributed by atoms with E-state index in [1.807, 2.05) is 30.5 Å². The standard InChI is InChI=1S/C16H32O2.C11H12N2O2/c1-2-3-4-5-6-7-8-9-10-11-12-13-14-15-16(17)18;12-9(11(14)15)5-7-6-13-10-4-2-1-3-8(7)10/h2-15H2,1H3,(H,17,18);1-4,6,9,13H,5,12H2,(H,14,15)/t;9-/m.0/s1. The van der Waals surface area contributed by atoms with Gasteiger partial charge in [0.05, 0.1) is 0 Å². The largest absolute Gasteiger partial charge is 0.481 e. The summed E-state index contributed by atoms with van der Waals surface area (Å²) in [6.07, 6.45) is 19.4. The molecule has 0 unspecified atom stereocenters. The summed E-state index contributed by atoms with van der Waals surface area (Å²) in [4.78, 5) is 24.0. The molecule has 0 amide bonds. The predicted octanol–water partition coefficient (Wildman–Crippen LogP) is 6.67. The van der Waals surface area contributed by atoms with Crippen LogP contribution in [0, 0.1) is 0 Å². The first kappa shape index (κ1) is 28.7. The average molecular weight is 461 g/mol. The van der Waals surface area contributed by atoms with E-state index >= 15 is 0 Å². The Kier molecular flexibility index (Phi) is 15.8. The number of aromatic amines is 1. The van der Waals surface area contributed by atoms with Gasteiger partial charge in [0, 0.05) is 29.9 Å². The first-order chi connectivity index (χ1) is 16.0. The van der Waals surface area contributed by atoms with E-state index in [1.165, 1.54) is 70.6 Å². The second-order valence-corrected chi connectivity index (χ2v) is 8.89. The molecule has 2 rings (SSSR count). The SMILES string of the molecule is CCCCCCCCCCCCCCCC(=O)O.N[C@@H](Cc1c[nH]c2ccccc12)C(=O)O. The van der Waals surface area contributed by atoms with Gasteiger partial charge in [-0.1, -0.05) is 102 Å². The normalized spacial score (nSPS) is 11.7. The van der Waals surface area contributed by atoms with Crippen molar-refractivity contribution in [2.75, 3.05) is 0 Å². The third kappa shape index (κ3) is 13.7. The van der Waals surface area contributed by atoms with Crippen molar-refractivity contribution in [2.24, 2.45) is 5.73 Å². The van der Waals surface area contributed by atoms with Crippen LogP contribution in [0.2, 0.25) is 0 Å². The minimum Gasteiger partial charge on any atom is -0.481 e. The highest BCUT2D eigenvalue weighted by atomic mass is 16.4. The van der Waals surface area contributed by atoms with Crippen molar-refractivity contribution >= 4 is 22.8 Å². The number of fused-ring (bicyclic) bond motifs is 1. The molecule has 6 nitrogen and oxygen atoms in total. The number of carbonyl (C=O) groups is 2. The highest BCUT2D eigenvalue weighted by Crippen LogP contribution is 2.18. The highest BCUT2D eigenvalue weighted by molar-refractivity contribution is 5.84. The zero-order valence-electron chi connectivity index (χ0n) is 20.4. The fraction of sp³-hybridized carbons (Fsp3) is 0.630. The van der Waals surface area contributed by atoms with Crippen molar-refractivity contribution in [3.05, 3.63) is 36.0 Å². The number of nitrogens with one attached hydrogen (secondary N) is 1. The van der Waals surface area contributed by atoms with Crippen LogP contribution < -0.4 is 5.73 Å². The summed E-state index contributed by atoms with van der Waals surface area (Å²) in [5.74, 6) is -1.63. The molecule has 5 N–H and O–H groups in total. The Morgan fingerprint density at radius 1 is 0.848 bits per heavy atom. The van der Waals surface area contributed by atoms with Crippen LogP contribution in [0.3, 0.4) is 0 Å². The first-order valence-corrected chi connectivity index (χ1v) is 12.7. The van der Waals surface area contributed by atoms with Gasteiger partial charge in [0.1, 0.15) is 6.04 Å². The molecule has 0 radical (unpaired) electrons. The quantitative estimate of drug-likeness (QED) is 0.197. The monoisotopic (exact) mass is 460 g/mol. The molecule has 0 spiro atoms. The van der Waals surface area contributed by atoms with E-state index in [1.54, 1.807) is 0 Å². The third-order valence-electron chi connectivity index (χ3n) is 5.93. The topological polar surface area (TPSA) is 116 Å². The average Bonchev–Trinajstić information content (AvgIpc) is 3.20. The molecule has 1 aromatic carbocycles. The van der Waals surface area contributed by atoms with Crippen molar-refractivity contribution in [1.82, 2.24) is 4.98 Å². The predicted molar refractivity (Wildman–Crippen MR) is 136 cm³/mol. The number of rotatable bonds is 17. The minimum atomic E-state index is -0.972. The molecule has 33 heavy (non-hydrogen) atoms. The van der Waals surface area contributed by atoms with Crippen molar-refractivity contribution < 1.29 is 19.8 Å². The lowest BCUT2D eigenvalue weighted by atomic mass is 10.0. The Balaban J connectivity index is 0.000000334. The molecule has 1 heterocycles. The number of unbranched alkanes of at least 4 members (excludes halogenated alkanes) is 12. The fourth-order valence-corrected chi connectivity index (χ4v) is 3.92. The Morgan fingerprint density at radius 2 is 1.36 bits per heavy atom. The number of aromatic nitrogens is 1. The van der Waals surface area contributed by atoms with Crippen LogP contribution in [0.15, 0.2) is 30.5 Å². The number of carboxylic acid groups (broad SMARTS) is 2. The number of nitrogens with two attached hydrogens (primary N) is 1. The van der Waals surface area contributed by atoms with Gasteiger partial charge in [0.2, 0.25) is 0 Å². The molecular formula is C27H44N2O4. The van der Waals surface area contributed by atoms with Crippen LogP contribution in [0.5, 0.6) is 0 Å². The molecule has 1 atom stereocenters. The van der Waals surface area contributed by atoms with Gasteiger partial charge in [-0.2, -0.15) is 0 Å². The molecule has 0 aliphatic heterocycles. The van der Waals surface area contributed by atoms with Crippen molar-refractivity contribution in [2.45, 2.75) is 109 Å². The van der Waals surface area contributed by atoms with Gasteiger partial charge in [-0.15, -0.1) is 0 Å². The van der Waals surface area contributed by atoms with Crippen molar-refractivity contribution in [3.8, 4) is 0 Å². The lowest BCUT2D eigenvalue weighted by molar-refractivity contribution is -0.139. The molecule has 0 aliphatic carbocycles. The summed E-state index contributed by atoms with van der Waals surface area (Å²) >= 11 is 0. The van der Waals surface area contributed by atoms with E-state index in [4.69, 9.17) is 15.9 Å². The number of para-hydroxylation sites is 1. The summed E-state index contributed by atoms with van der Waals surface area (Å²) in [5, 5.41) is 18.2. The smallest absolute Gasteiger partial charge is 0.320 e. The van der Waals surface area contributed by atoms with E-state index in [2.05, 4.69) is 11.9 Å². The van der Waals surface area contributed by atoms with Gasteiger partial charge in [-0.05, 0) is 18.1 Å². The maximum Gasteiger partial charge on any atom is 0.320 e. The molecule has 0 saturated heterocycles. The molecule has 1 aromatic heterocycles. The minimum absolute atomic E-state index is 0.345. The van der Waals surface area contributed by atoms with Gasteiger partial charge < -0.3 is 20.9 Å². The van der Waals surface area contributed by atoms with E-state index in [0.29, 0.717) is 12.8 Å². The summed E-state index contributed by atoms with van der Waals surface area (Å²) in [5.41, 5.74) is 7.43. The summed E-state index contributed by atoms with van der Waals surface area (Å²) < 4.78 is 0. The molecular weight excluding hydrogens is 416 g/mol. The maximum absolute atomic E-state index is 10.6. The number of hydrogen-bond donors (Lipinski definition) is 4. The zero-order valence-corrected chi connectivity index (χ0v) is 20.4. The first-order valence-electron chi connectivity index (χ1n) is 12.7.